The molecule has 0 unspecified atom stereocenters. The molecular formula is C19H30O. The zero-order valence-corrected chi connectivity index (χ0v) is 13.2. The van der Waals surface area contributed by atoms with Crippen LogP contribution in [0, 0.1) is 40.9 Å². The highest BCUT2D eigenvalue weighted by Crippen LogP contribution is 2.61. The van der Waals surface area contributed by atoms with E-state index in [-0.39, 0.29) is 5.41 Å². The third kappa shape index (κ3) is 1.77. The van der Waals surface area contributed by atoms with Gasteiger partial charge < -0.3 is 0 Å². The molecule has 1 nitrogen and oxygen atoms in total. The molecule has 0 amide bonds. The average molecular weight is 274 g/mol. The Bertz CT molecular complexity index is 414. The van der Waals surface area contributed by atoms with Crippen molar-refractivity contribution in [2.24, 2.45) is 40.9 Å². The lowest BCUT2D eigenvalue weighted by molar-refractivity contribution is -0.133. The Labute approximate surface area is 123 Å². The number of carbonyl (C=O) groups is 1. The molecule has 0 aliphatic heterocycles. The molecule has 0 heterocycles. The van der Waals surface area contributed by atoms with Gasteiger partial charge in [-0.25, -0.2) is 0 Å². The molecular weight excluding hydrogens is 244 g/mol. The first kappa shape index (κ1) is 13.3. The molecule has 0 aromatic rings. The second kappa shape index (κ2) is 4.58. The van der Waals surface area contributed by atoms with E-state index in [1.807, 2.05) is 0 Å². The van der Waals surface area contributed by atoms with Crippen molar-refractivity contribution < 1.29 is 4.79 Å². The van der Waals surface area contributed by atoms with E-state index in [1.165, 1.54) is 51.4 Å². The number of fused-ring (bicyclic) bond motifs is 5. The number of carbonyl (C=O) groups excluding carboxylic acids is 1. The van der Waals surface area contributed by atoms with E-state index < -0.39 is 0 Å². The third-order valence-electron chi connectivity index (χ3n) is 7.93. The maximum atomic E-state index is 12.3. The van der Waals surface area contributed by atoms with Crippen molar-refractivity contribution in [1.82, 2.24) is 0 Å². The minimum absolute atomic E-state index is 0.0793. The topological polar surface area (TPSA) is 17.1 Å². The molecule has 0 saturated heterocycles. The van der Waals surface area contributed by atoms with Gasteiger partial charge in [-0.2, -0.15) is 0 Å². The fraction of sp³-hybridized carbons (Fsp3) is 0.947. The summed E-state index contributed by atoms with van der Waals surface area (Å²) >= 11 is 0. The van der Waals surface area contributed by atoms with Gasteiger partial charge >= 0.3 is 0 Å². The van der Waals surface area contributed by atoms with E-state index in [2.05, 4.69) is 13.8 Å². The fourth-order valence-electron chi connectivity index (χ4n) is 6.86. The van der Waals surface area contributed by atoms with Crippen molar-refractivity contribution >= 4 is 5.78 Å². The molecule has 4 saturated carbocycles. The van der Waals surface area contributed by atoms with Crippen LogP contribution in [0.5, 0.6) is 0 Å². The number of hydrogen-bond acceptors (Lipinski definition) is 1. The van der Waals surface area contributed by atoms with Gasteiger partial charge in [-0.15, -0.1) is 0 Å². The molecule has 7 atom stereocenters. The molecule has 4 aliphatic rings. The van der Waals surface area contributed by atoms with Crippen LogP contribution in [0.15, 0.2) is 0 Å². The zero-order valence-electron chi connectivity index (χ0n) is 13.2. The van der Waals surface area contributed by atoms with Gasteiger partial charge in [-0.05, 0) is 80.5 Å². The molecule has 0 N–H and O–H groups in total. The third-order valence-corrected chi connectivity index (χ3v) is 7.93. The van der Waals surface area contributed by atoms with Gasteiger partial charge in [0.15, 0.2) is 0 Å². The lowest BCUT2D eigenvalue weighted by Gasteiger charge is -2.54. The van der Waals surface area contributed by atoms with Gasteiger partial charge in [0.2, 0.25) is 0 Å². The lowest BCUT2D eigenvalue weighted by Crippen LogP contribution is -2.48. The SMILES string of the molecule is C[C@@H]1CC[C@H]2[C@@H](CC[C@@H]3[C@@H]2CC[C@]2(C)C(=O)CC[C@@H]32)C1. The largest absolute Gasteiger partial charge is 0.299 e. The van der Waals surface area contributed by atoms with Crippen molar-refractivity contribution in [3.05, 3.63) is 0 Å². The molecule has 1 heteroatoms. The Balaban J connectivity index is 1.58. The summed E-state index contributed by atoms with van der Waals surface area (Å²) in [6.07, 6.45) is 12.0. The summed E-state index contributed by atoms with van der Waals surface area (Å²) < 4.78 is 0. The minimum Gasteiger partial charge on any atom is -0.299 e. The highest BCUT2D eigenvalue weighted by molar-refractivity contribution is 5.87. The molecule has 4 aliphatic carbocycles. The second-order valence-electron chi connectivity index (χ2n) is 8.77. The van der Waals surface area contributed by atoms with Gasteiger partial charge in [-0.3, -0.25) is 4.79 Å². The molecule has 4 fully saturated rings. The summed E-state index contributed by atoms with van der Waals surface area (Å²) in [6.45, 7) is 4.76. The number of hydrogen-bond donors (Lipinski definition) is 0. The maximum absolute atomic E-state index is 12.3. The number of ketones is 1. The standard InChI is InChI=1S/C19H30O/c1-12-3-5-14-13(11-12)4-6-16-15(14)9-10-19(2)17(16)7-8-18(19)20/h12-17H,3-11H2,1-2H3/t12-,13+,14+,15-,16-,17+,19+/m1/s1. The van der Waals surface area contributed by atoms with Crippen LogP contribution in [-0.4, -0.2) is 5.78 Å². The van der Waals surface area contributed by atoms with Crippen LogP contribution in [0.25, 0.3) is 0 Å². The highest BCUT2D eigenvalue weighted by Gasteiger charge is 2.56. The smallest absolute Gasteiger partial charge is 0.139 e. The summed E-state index contributed by atoms with van der Waals surface area (Å²) in [5, 5.41) is 0. The first-order chi connectivity index (χ1) is 9.59. The quantitative estimate of drug-likeness (QED) is 0.617. The van der Waals surface area contributed by atoms with E-state index >= 15 is 0 Å². The van der Waals surface area contributed by atoms with Crippen molar-refractivity contribution in [1.29, 1.82) is 0 Å². The predicted octanol–water partition coefficient (Wildman–Crippen LogP) is 4.84. The highest BCUT2D eigenvalue weighted by atomic mass is 16.1. The van der Waals surface area contributed by atoms with E-state index in [0.717, 1.165) is 41.9 Å². The first-order valence-electron chi connectivity index (χ1n) is 9.13. The molecule has 0 radical (unpaired) electrons. The zero-order chi connectivity index (χ0) is 13.9. The number of rotatable bonds is 0. The van der Waals surface area contributed by atoms with Gasteiger partial charge in [0, 0.05) is 11.8 Å². The summed E-state index contributed by atoms with van der Waals surface area (Å²) in [4.78, 5) is 12.3. The molecule has 0 bridgehead atoms. The molecule has 0 aromatic heterocycles. The summed E-state index contributed by atoms with van der Waals surface area (Å²) in [5.41, 5.74) is 0.0793. The van der Waals surface area contributed by atoms with Crippen molar-refractivity contribution in [3.63, 3.8) is 0 Å². The fourth-order valence-corrected chi connectivity index (χ4v) is 6.86. The monoisotopic (exact) mass is 274 g/mol. The van der Waals surface area contributed by atoms with E-state index in [0.29, 0.717) is 5.78 Å². The van der Waals surface area contributed by atoms with E-state index in [4.69, 9.17) is 0 Å². The Kier molecular flexibility index (Phi) is 3.06. The van der Waals surface area contributed by atoms with Crippen molar-refractivity contribution in [2.75, 3.05) is 0 Å². The first-order valence-corrected chi connectivity index (χ1v) is 9.13. The van der Waals surface area contributed by atoms with Crippen LogP contribution < -0.4 is 0 Å². The average Bonchev–Trinajstić information content (AvgIpc) is 2.74. The summed E-state index contributed by atoms with van der Waals surface area (Å²) in [6, 6.07) is 0. The Hall–Kier alpha value is -0.330. The Morgan fingerprint density at radius 1 is 0.950 bits per heavy atom. The molecule has 0 aromatic carbocycles. The second-order valence-corrected chi connectivity index (χ2v) is 8.77. The van der Waals surface area contributed by atoms with Gasteiger partial charge in [-0.1, -0.05) is 20.3 Å². The van der Waals surface area contributed by atoms with Crippen LogP contribution in [-0.2, 0) is 4.79 Å². The Morgan fingerprint density at radius 2 is 1.75 bits per heavy atom. The lowest BCUT2D eigenvalue weighted by atomic mass is 9.50. The summed E-state index contributed by atoms with van der Waals surface area (Å²) in [7, 11) is 0. The molecule has 0 spiro atoms. The molecule has 112 valence electrons. The molecule has 4 rings (SSSR count). The van der Waals surface area contributed by atoms with Crippen molar-refractivity contribution in [2.45, 2.75) is 71.6 Å². The van der Waals surface area contributed by atoms with E-state index in [9.17, 15) is 4.79 Å². The van der Waals surface area contributed by atoms with Crippen LogP contribution in [0.4, 0.5) is 0 Å². The number of Topliss-reactive ketones (excluding diaryl/α,β-unsaturated/α-hetero) is 1. The van der Waals surface area contributed by atoms with Crippen molar-refractivity contribution in [3.8, 4) is 0 Å². The minimum atomic E-state index is 0.0793. The maximum Gasteiger partial charge on any atom is 0.139 e. The van der Waals surface area contributed by atoms with Gasteiger partial charge in [0.05, 0.1) is 0 Å². The van der Waals surface area contributed by atoms with Crippen LogP contribution in [0.1, 0.15) is 71.6 Å². The van der Waals surface area contributed by atoms with Gasteiger partial charge in [0.1, 0.15) is 5.78 Å². The van der Waals surface area contributed by atoms with Crippen LogP contribution in [0.3, 0.4) is 0 Å². The predicted molar refractivity (Wildman–Crippen MR) is 81.3 cm³/mol. The molecule has 20 heavy (non-hydrogen) atoms. The van der Waals surface area contributed by atoms with Gasteiger partial charge in [0.25, 0.3) is 0 Å². The summed E-state index contributed by atoms with van der Waals surface area (Å²) in [5.74, 6) is 6.23. The van der Waals surface area contributed by atoms with E-state index in [1.54, 1.807) is 0 Å². The van der Waals surface area contributed by atoms with Crippen LogP contribution in [0.2, 0.25) is 0 Å². The Morgan fingerprint density at radius 3 is 2.60 bits per heavy atom. The normalized spacial score (nSPS) is 55.0. The van der Waals surface area contributed by atoms with Crippen LogP contribution >= 0.6 is 0 Å².